The Labute approximate surface area is 241 Å². The molecule has 1 aromatic heterocycles. The van der Waals surface area contributed by atoms with Gasteiger partial charge in [-0.1, -0.05) is 6.07 Å². The number of fused-ring (bicyclic) bond motifs is 1. The second-order valence-corrected chi connectivity index (χ2v) is 11.1. The summed E-state index contributed by atoms with van der Waals surface area (Å²) in [4.78, 5) is 17.4. The first-order valence-electron chi connectivity index (χ1n) is 13.4. The van der Waals surface area contributed by atoms with Crippen molar-refractivity contribution in [2.75, 3.05) is 32.2 Å². The normalized spacial score (nSPS) is 20.4. The molecule has 1 saturated heterocycles. The molecule has 10 heteroatoms. The van der Waals surface area contributed by atoms with Gasteiger partial charge in [-0.25, -0.2) is 4.39 Å². The number of pyridine rings is 1. The Morgan fingerprint density at radius 2 is 2.10 bits per heavy atom. The lowest BCUT2D eigenvalue weighted by Gasteiger charge is -2.37. The third-order valence-corrected chi connectivity index (χ3v) is 7.85. The van der Waals surface area contributed by atoms with Crippen molar-refractivity contribution in [2.45, 2.75) is 50.7 Å². The van der Waals surface area contributed by atoms with Gasteiger partial charge in [0.05, 0.1) is 17.7 Å². The van der Waals surface area contributed by atoms with Crippen LogP contribution in [0.1, 0.15) is 43.7 Å². The zero-order chi connectivity index (χ0) is 28.1. The van der Waals surface area contributed by atoms with Gasteiger partial charge in [-0.2, -0.15) is 4.98 Å². The number of carbonyl (C=O) groups is 1. The van der Waals surface area contributed by atoms with Crippen LogP contribution < -0.4 is 24.8 Å². The van der Waals surface area contributed by atoms with Crippen molar-refractivity contribution in [3.05, 3.63) is 69.9 Å². The largest absolute Gasteiger partial charge is 0.487 e. The van der Waals surface area contributed by atoms with E-state index in [1.54, 1.807) is 30.3 Å². The van der Waals surface area contributed by atoms with E-state index in [0.29, 0.717) is 46.6 Å². The first-order chi connectivity index (χ1) is 19.3. The summed E-state index contributed by atoms with van der Waals surface area (Å²) in [5, 5.41) is 6.38. The summed E-state index contributed by atoms with van der Waals surface area (Å²) in [6, 6.07) is 13.7. The average Bonchev–Trinajstić information content (AvgIpc) is 2.95. The van der Waals surface area contributed by atoms with Crippen LogP contribution in [0.4, 0.5) is 10.2 Å². The van der Waals surface area contributed by atoms with Gasteiger partial charge in [-0.3, -0.25) is 4.79 Å². The Morgan fingerprint density at radius 1 is 1.23 bits per heavy atom. The summed E-state index contributed by atoms with van der Waals surface area (Å²) in [6.07, 6.45) is 4.04. The number of ether oxygens (including phenoxy) is 4. The fourth-order valence-electron chi connectivity index (χ4n) is 5.14. The van der Waals surface area contributed by atoms with Crippen LogP contribution >= 0.6 is 15.9 Å². The average molecular weight is 615 g/mol. The van der Waals surface area contributed by atoms with Gasteiger partial charge in [-0.15, -0.1) is 0 Å². The molecular weight excluding hydrogens is 581 g/mol. The summed E-state index contributed by atoms with van der Waals surface area (Å²) in [7, 11) is 1.53. The monoisotopic (exact) mass is 613 g/mol. The van der Waals surface area contributed by atoms with E-state index in [2.05, 4.69) is 31.5 Å². The van der Waals surface area contributed by atoms with Gasteiger partial charge in [0.15, 0.2) is 11.5 Å². The maximum atomic E-state index is 14.3. The van der Waals surface area contributed by atoms with E-state index >= 15 is 0 Å². The third-order valence-electron chi connectivity index (χ3n) is 7.21. The van der Waals surface area contributed by atoms with Crippen molar-refractivity contribution in [1.29, 1.82) is 0 Å². The number of carbonyl (C=O) groups excluding carboxylic acids is 1. The Morgan fingerprint density at radius 3 is 2.88 bits per heavy atom. The first-order valence-corrected chi connectivity index (χ1v) is 14.2. The second-order valence-electron chi connectivity index (χ2n) is 10.2. The van der Waals surface area contributed by atoms with Gasteiger partial charge in [0.2, 0.25) is 11.8 Å². The highest BCUT2D eigenvalue weighted by Gasteiger charge is 2.35. The zero-order valence-electron chi connectivity index (χ0n) is 22.6. The Kier molecular flexibility index (Phi) is 8.87. The number of nitrogens with zero attached hydrogens (tertiary/aromatic N) is 1. The van der Waals surface area contributed by atoms with Gasteiger partial charge in [0.25, 0.3) is 0 Å². The van der Waals surface area contributed by atoms with Crippen molar-refractivity contribution in [3.8, 4) is 23.1 Å². The second kappa shape index (κ2) is 12.5. The van der Waals surface area contributed by atoms with Gasteiger partial charge in [-0.05, 0) is 90.0 Å². The highest BCUT2D eigenvalue weighted by molar-refractivity contribution is 9.10. The Bertz CT molecular complexity index is 1370. The van der Waals surface area contributed by atoms with Crippen LogP contribution in [-0.2, 0) is 21.5 Å². The molecule has 2 aliphatic heterocycles. The van der Waals surface area contributed by atoms with Crippen molar-refractivity contribution < 1.29 is 28.1 Å². The summed E-state index contributed by atoms with van der Waals surface area (Å²) < 4.78 is 38.1. The number of aromatic nitrogens is 1. The minimum absolute atomic E-state index is 0.0172. The van der Waals surface area contributed by atoms with E-state index in [-0.39, 0.29) is 18.4 Å². The predicted molar refractivity (Wildman–Crippen MR) is 153 cm³/mol. The van der Waals surface area contributed by atoms with E-state index in [0.717, 1.165) is 43.4 Å². The van der Waals surface area contributed by atoms with Crippen LogP contribution in [-0.4, -0.2) is 43.9 Å². The van der Waals surface area contributed by atoms with Crippen molar-refractivity contribution in [2.24, 2.45) is 0 Å². The fraction of sp³-hybridized carbons (Fsp3) is 0.400. The van der Waals surface area contributed by atoms with Crippen LogP contribution in [0.25, 0.3) is 0 Å². The summed E-state index contributed by atoms with van der Waals surface area (Å²) >= 11 is 3.19. The lowest BCUT2D eigenvalue weighted by Crippen LogP contribution is -2.47. The number of hydrogen-bond acceptors (Lipinski definition) is 7. The van der Waals surface area contributed by atoms with Gasteiger partial charge >= 0.3 is 0 Å². The molecule has 3 heterocycles. The molecule has 1 unspecified atom stereocenters. The number of rotatable bonds is 9. The molecule has 1 fully saturated rings. The molecule has 0 spiro atoms. The summed E-state index contributed by atoms with van der Waals surface area (Å²) in [5.74, 6) is 1.55. The van der Waals surface area contributed by atoms with Gasteiger partial charge in [0, 0.05) is 37.2 Å². The van der Waals surface area contributed by atoms with Crippen molar-refractivity contribution in [3.63, 3.8) is 0 Å². The lowest BCUT2D eigenvalue weighted by atomic mass is 9.81. The minimum atomic E-state index is -0.690. The number of halogens is 2. The van der Waals surface area contributed by atoms with Crippen LogP contribution in [0.5, 0.6) is 23.1 Å². The lowest BCUT2D eigenvalue weighted by molar-refractivity contribution is -0.117. The molecule has 0 radical (unpaired) electrons. The number of anilines is 1. The van der Waals surface area contributed by atoms with E-state index in [1.165, 1.54) is 13.2 Å². The molecule has 0 saturated carbocycles. The Hall–Kier alpha value is -3.21. The van der Waals surface area contributed by atoms with Gasteiger partial charge < -0.3 is 29.6 Å². The maximum Gasteiger partial charge on any atom is 0.227 e. The fourth-order valence-corrected chi connectivity index (χ4v) is 5.38. The highest BCUT2D eigenvalue weighted by Crippen LogP contribution is 2.41. The van der Waals surface area contributed by atoms with Crippen molar-refractivity contribution >= 4 is 27.7 Å². The molecule has 2 N–H and O–H groups in total. The quantitative estimate of drug-likeness (QED) is 0.300. The molecule has 3 aromatic rings. The molecule has 0 bridgehead atoms. The number of methoxy groups -OCH3 is 1. The molecular formula is C30H33BrFN3O5. The zero-order valence-corrected chi connectivity index (χ0v) is 24.2. The first kappa shape index (κ1) is 28.3. The molecule has 1 amide bonds. The molecule has 40 heavy (non-hydrogen) atoms. The Balaban J connectivity index is 1.42. The summed E-state index contributed by atoms with van der Waals surface area (Å²) in [6.45, 7) is 3.81. The highest BCUT2D eigenvalue weighted by atomic mass is 79.9. The topological polar surface area (TPSA) is 90.9 Å². The number of nitrogens with one attached hydrogen (secondary N) is 2. The van der Waals surface area contributed by atoms with E-state index in [9.17, 15) is 9.18 Å². The number of amides is 1. The minimum Gasteiger partial charge on any atom is -0.487 e. The molecule has 2 aliphatic rings. The van der Waals surface area contributed by atoms with Gasteiger partial charge in [0.1, 0.15) is 24.0 Å². The van der Waals surface area contributed by atoms with E-state index < -0.39 is 11.4 Å². The molecule has 8 nitrogen and oxygen atoms in total. The summed E-state index contributed by atoms with van der Waals surface area (Å²) in [5.41, 5.74) is 1.29. The maximum absolute atomic E-state index is 14.3. The van der Waals surface area contributed by atoms with Crippen molar-refractivity contribution in [1.82, 2.24) is 10.3 Å². The van der Waals surface area contributed by atoms with Crippen LogP contribution in [0.2, 0.25) is 0 Å². The smallest absolute Gasteiger partial charge is 0.227 e. The standard InChI is InChI=1S/C30H33BrFN3O5/c1-30(17-28(36)34-27-7-5-8-29(35-27)37-2)22-16-26(40-20-9-10-23(31)24(32)15-20)25(14-19(22)11-12-33-30)39-18-21-6-3-4-13-38-21/h5,7-10,14-16,21,33H,3-4,6,11-13,17-18H2,1-2H3,(H,34,35,36)/t21?,30-/m1/s1. The molecule has 0 aliphatic carbocycles. The van der Waals surface area contributed by atoms with Crippen LogP contribution in [0, 0.1) is 5.82 Å². The number of hydrogen-bond donors (Lipinski definition) is 2. The van der Waals surface area contributed by atoms with Crippen LogP contribution in [0.15, 0.2) is 53.0 Å². The SMILES string of the molecule is COc1cccc(NC(=O)C[C@@]2(C)NCCc3cc(OCC4CCCCO4)c(Oc4ccc(Br)c(F)c4)cc32)n1. The predicted octanol–water partition coefficient (Wildman–Crippen LogP) is 6.12. The molecule has 212 valence electrons. The third kappa shape index (κ3) is 6.74. The van der Waals surface area contributed by atoms with Crippen LogP contribution in [0.3, 0.4) is 0 Å². The van der Waals surface area contributed by atoms with E-state index in [4.69, 9.17) is 18.9 Å². The molecule has 2 atom stereocenters. The molecule has 5 rings (SSSR count). The number of benzene rings is 2. The molecule has 2 aromatic carbocycles. The van der Waals surface area contributed by atoms with E-state index in [1.807, 2.05) is 19.1 Å².